The maximum Gasteiger partial charge on any atom is 0.250 e. The first-order valence-electron chi connectivity index (χ1n) is 8.42. The SMILES string of the molecule is Cc1ccc(CSc2nnc(SCC(=O)N/N=C/c3cccc(Cl)c3Cl)s2)cc1. The van der Waals surface area contributed by atoms with Crippen molar-refractivity contribution < 1.29 is 4.79 Å². The normalized spacial score (nSPS) is 11.1. The number of hydrogen-bond acceptors (Lipinski definition) is 7. The molecule has 0 fully saturated rings. The second kappa shape index (κ2) is 11.0. The number of carbonyl (C=O) groups is 1. The van der Waals surface area contributed by atoms with Crippen molar-refractivity contribution in [3.05, 3.63) is 69.2 Å². The highest BCUT2D eigenvalue weighted by Gasteiger charge is 2.09. The molecule has 2 aromatic carbocycles. The minimum Gasteiger partial charge on any atom is -0.272 e. The minimum atomic E-state index is -0.242. The van der Waals surface area contributed by atoms with Crippen LogP contribution in [0.3, 0.4) is 0 Å². The van der Waals surface area contributed by atoms with Crippen molar-refractivity contribution in [2.45, 2.75) is 21.4 Å². The number of benzene rings is 2. The zero-order chi connectivity index (χ0) is 20.6. The quantitative estimate of drug-likeness (QED) is 0.253. The van der Waals surface area contributed by atoms with Crippen molar-refractivity contribution in [3.8, 4) is 0 Å². The summed E-state index contributed by atoms with van der Waals surface area (Å²) in [6.07, 6.45) is 1.46. The Kier molecular flexibility index (Phi) is 8.38. The van der Waals surface area contributed by atoms with Crippen LogP contribution in [0, 0.1) is 6.92 Å². The van der Waals surface area contributed by atoms with Gasteiger partial charge in [0.2, 0.25) is 0 Å². The van der Waals surface area contributed by atoms with Crippen molar-refractivity contribution in [1.29, 1.82) is 0 Å². The van der Waals surface area contributed by atoms with Crippen LogP contribution in [0.25, 0.3) is 0 Å². The monoisotopic (exact) mass is 482 g/mol. The summed E-state index contributed by atoms with van der Waals surface area (Å²) in [7, 11) is 0. The Hall–Kier alpha value is -1.58. The smallest absolute Gasteiger partial charge is 0.250 e. The lowest BCUT2D eigenvalue weighted by molar-refractivity contribution is -0.118. The van der Waals surface area contributed by atoms with E-state index in [1.165, 1.54) is 40.4 Å². The molecule has 0 bridgehead atoms. The minimum absolute atomic E-state index is 0.192. The average molecular weight is 483 g/mol. The van der Waals surface area contributed by atoms with Gasteiger partial charge < -0.3 is 0 Å². The molecule has 10 heteroatoms. The summed E-state index contributed by atoms with van der Waals surface area (Å²) < 4.78 is 1.62. The zero-order valence-electron chi connectivity index (χ0n) is 15.3. The number of halogens is 2. The highest BCUT2D eigenvalue weighted by Crippen LogP contribution is 2.30. The Bertz CT molecular complexity index is 1010. The Morgan fingerprint density at radius 1 is 1.14 bits per heavy atom. The predicted octanol–water partition coefficient (Wildman–Crippen LogP) is 5.69. The topological polar surface area (TPSA) is 67.2 Å². The highest BCUT2D eigenvalue weighted by molar-refractivity contribution is 8.03. The first-order valence-corrected chi connectivity index (χ1v) is 12.0. The Morgan fingerprint density at radius 3 is 2.62 bits per heavy atom. The number of hydrogen-bond donors (Lipinski definition) is 1. The van der Waals surface area contributed by atoms with Crippen molar-refractivity contribution in [3.63, 3.8) is 0 Å². The fraction of sp³-hybridized carbons (Fsp3) is 0.158. The van der Waals surface area contributed by atoms with Crippen LogP contribution in [0.2, 0.25) is 10.0 Å². The first kappa shape index (κ1) is 22.1. The maximum absolute atomic E-state index is 11.9. The van der Waals surface area contributed by atoms with E-state index in [1.54, 1.807) is 30.0 Å². The summed E-state index contributed by atoms with van der Waals surface area (Å²) in [6, 6.07) is 13.6. The van der Waals surface area contributed by atoms with Gasteiger partial charge in [0, 0.05) is 11.3 Å². The first-order chi connectivity index (χ1) is 14.0. The van der Waals surface area contributed by atoms with Crippen LogP contribution in [0.1, 0.15) is 16.7 Å². The van der Waals surface area contributed by atoms with E-state index in [2.05, 4.69) is 51.9 Å². The summed E-state index contributed by atoms with van der Waals surface area (Å²) in [5.74, 6) is 0.784. The predicted molar refractivity (Wildman–Crippen MR) is 124 cm³/mol. The largest absolute Gasteiger partial charge is 0.272 e. The molecule has 5 nitrogen and oxygen atoms in total. The lowest BCUT2D eigenvalue weighted by atomic mass is 10.2. The van der Waals surface area contributed by atoms with Crippen LogP contribution < -0.4 is 5.43 Å². The van der Waals surface area contributed by atoms with Crippen LogP contribution in [-0.2, 0) is 10.5 Å². The van der Waals surface area contributed by atoms with E-state index in [-0.39, 0.29) is 11.7 Å². The second-order valence-electron chi connectivity index (χ2n) is 5.83. The van der Waals surface area contributed by atoms with Gasteiger partial charge in [-0.15, -0.1) is 10.2 Å². The molecule has 0 atom stereocenters. The van der Waals surface area contributed by atoms with Gasteiger partial charge in [-0.2, -0.15) is 5.10 Å². The molecule has 0 aliphatic heterocycles. The third-order valence-corrected chi connectivity index (χ3v) is 7.67. The van der Waals surface area contributed by atoms with E-state index < -0.39 is 0 Å². The molecule has 0 spiro atoms. The second-order valence-corrected chi connectivity index (χ2v) is 10.0. The van der Waals surface area contributed by atoms with E-state index in [4.69, 9.17) is 23.2 Å². The summed E-state index contributed by atoms with van der Waals surface area (Å²) >= 11 is 16.4. The van der Waals surface area contributed by atoms with Crippen molar-refractivity contribution in [1.82, 2.24) is 15.6 Å². The molecule has 0 radical (unpaired) electrons. The van der Waals surface area contributed by atoms with Crippen molar-refractivity contribution >= 4 is 70.2 Å². The van der Waals surface area contributed by atoms with Crippen molar-refractivity contribution in [2.75, 3.05) is 5.75 Å². The molecule has 0 saturated heterocycles. The Balaban J connectivity index is 1.43. The van der Waals surface area contributed by atoms with E-state index >= 15 is 0 Å². The maximum atomic E-state index is 11.9. The van der Waals surface area contributed by atoms with Gasteiger partial charge in [0.25, 0.3) is 5.91 Å². The van der Waals surface area contributed by atoms with Crippen LogP contribution in [0.5, 0.6) is 0 Å². The van der Waals surface area contributed by atoms with Gasteiger partial charge in [0.15, 0.2) is 8.68 Å². The number of carbonyl (C=O) groups excluding carboxylic acids is 1. The van der Waals surface area contributed by atoms with Gasteiger partial charge in [0.1, 0.15) is 0 Å². The molecule has 0 aliphatic carbocycles. The molecule has 0 saturated carbocycles. The zero-order valence-corrected chi connectivity index (χ0v) is 19.2. The molecule has 3 aromatic rings. The van der Waals surface area contributed by atoms with Gasteiger partial charge in [-0.25, -0.2) is 5.43 Å². The van der Waals surface area contributed by atoms with Gasteiger partial charge in [-0.3, -0.25) is 4.79 Å². The lowest BCUT2D eigenvalue weighted by Gasteiger charge is -2.00. The molecule has 1 amide bonds. The summed E-state index contributed by atoms with van der Waals surface area (Å²) in [5, 5.41) is 13.0. The molecule has 3 rings (SSSR count). The number of amides is 1. The third kappa shape index (κ3) is 7.01. The molecular weight excluding hydrogens is 467 g/mol. The molecule has 1 aromatic heterocycles. The number of hydrazone groups is 1. The average Bonchev–Trinajstić information content (AvgIpc) is 3.17. The Morgan fingerprint density at radius 2 is 1.86 bits per heavy atom. The fourth-order valence-corrected chi connectivity index (χ4v) is 5.22. The van der Waals surface area contributed by atoms with E-state index in [1.807, 2.05) is 0 Å². The number of thioether (sulfide) groups is 2. The summed E-state index contributed by atoms with van der Waals surface area (Å²) in [5.41, 5.74) is 5.58. The van der Waals surface area contributed by atoms with Crippen LogP contribution in [-0.4, -0.2) is 28.1 Å². The van der Waals surface area contributed by atoms with Crippen molar-refractivity contribution in [2.24, 2.45) is 5.10 Å². The number of nitrogens with one attached hydrogen (secondary N) is 1. The summed E-state index contributed by atoms with van der Waals surface area (Å²) in [4.78, 5) is 11.9. The van der Waals surface area contributed by atoms with E-state index in [0.29, 0.717) is 15.6 Å². The van der Waals surface area contributed by atoms with E-state index in [9.17, 15) is 4.79 Å². The molecule has 1 heterocycles. The molecule has 29 heavy (non-hydrogen) atoms. The van der Waals surface area contributed by atoms with Crippen LogP contribution >= 0.6 is 58.1 Å². The van der Waals surface area contributed by atoms with Gasteiger partial charge >= 0.3 is 0 Å². The molecule has 1 N–H and O–H groups in total. The highest BCUT2D eigenvalue weighted by atomic mass is 35.5. The van der Waals surface area contributed by atoms with Crippen LogP contribution in [0.15, 0.2) is 56.2 Å². The van der Waals surface area contributed by atoms with Gasteiger partial charge in [-0.1, -0.05) is 100 Å². The third-order valence-electron chi connectivity index (χ3n) is 3.57. The van der Waals surface area contributed by atoms with E-state index in [0.717, 1.165) is 14.4 Å². The van der Waals surface area contributed by atoms with Gasteiger partial charge in [0.05, 0.1) is 22.0 Å². The van der Waals surface area contributed by atoms with Gasteiger partial charge in [-0.05, 0) is 18.6 Å². The summed E-state index contributed by atoms with van der Waals surface area (Å²) in [6.45, 7) is 2.07. The molecule has 0 aliphatic rings. The van der Waals surface area contributed by atoms with Crippen LogP contribution in [0.4, 0.5) is 0 Å². The Labute approximate surface area is 191 Å². The number of nitrogens with zero attached hydrogens (tertiary/aromatic N) is 3. The molecule has 0 unspecified atom stereocenters. The number of aryl methyl sites for hydroxylation is 1. The molecular formula is C19H16Cl2N4OS3. The fourth-order valence-electron chi connectivity index (χ4n) is 2.10. The standard InChI is InChI=1S/C19H16Cl2N4OS3/c1-12-5-7-13(8-6-12)10-27-18-24-25-19(29-18)28-11-16(26)23-22-9-14-3-2-4-15(20)17(14)21/h2-9H,10-11H2,1H3,(H,23,26)/b22-9+. The number of aromatic nitrogens is 2. The number of rotatable bonds is 8. The lowest BCUT2D eigenvalue weighted by Crippen LogP contribution is -2.19. The molecule has 150 valence electrons.